The average molecular weight is 839 g/mol. The number of likely N-dealkylation sites (N-methyl/N-ethyl adjacent to an activating group) is 2. The maximum Gasteiger partial charge on any atom is 0.288 e. The van der Waals surface area contributed by atoms with Crippen LogP contribution in [0.15, 0.2) is 60.2 Å². The summed E-state index contributed by atoms with van der Waals surface area (Å²) in [6.45, 7) is 6.47. The van der Waals surface area contributed by atoms with Crippen molar-refractivity contribution in [1.82, 2.24) is 34.9 Å². The molecule has 18 heteroatoms. The highest BCUT2D eigenvalue weighted by atomic mass is 35.5. The van der Waals surface area contributed by atoms with Crippen molar-refractivity contribution < 1.29 is 33.5 Å². The van der Waals surface area contributed by atoms with Gasteiger partial charge in [-0.1, -0.05) is 23.8 Å². The number of piperazine rings is 1. The summed E-state index contributed by atoms with van der Waals surface area (Å²) in [6, 6.07) is 4.12. The van der Waals surface area contributed by atoms with Gasteiger partial charge in [-0.2, -0.15) is 4.98 Å². The lowest BCUT2D eigenvalue weighted by atomic mass is 9.89. The van der Waals surface area contributed by atoms with Gasteiger partial charge in [0.25, 0.3) is 23.6 Å². The minimum Gasteiger partial charge on any atom is -0.475 e. The molecule has 17 nitrogen and oxygen atoms in total. The third-order valence-corrected chi connectivity index (χ3v) is 13.1. The van der Waals surface area contributed by atoms with Crippen molar-refractivity contribution in [1.29, 1.82) is 0 Å². The molecule has 2 aromatic rings. The summed E-state index contributed by atoms with van der Waals surface area (Å²) in [5.74, 6) is -0.777. The molecule has 314 valence electrons. The molecular weight excluding hydrogens is 792 g/mol. The van der Waals surface area contributed by atoms with Gasteiger partial charge in [0, 0.05) is 96.6 Å². The second-order valence-corrected chi connectivity index (χ2v) is 16.9. The number of amides is 6. The third-order valence-electron chi connectivity index (χ3n) is 12.8. The van der Waals surface area contributed by atoms with Gasteiger partial charge < -0.3 is 29.7 Å². The average Bonchev–Trinajstić information content (AvgIpc) is 3.69. The number of aromatic nitrogens is 2. The van der Waals surface area contributed by atoms with Crippen LogP contribution in [0.4, 0.5) is 17.5 Å². The van der Waals surface area contributed by atoms with Crippen LogP contribution in [0.5, 0.6) is 0 Å². The second-order valence-electron chi connectivity index (χ2n) is 16.5. The van der Waals surface area contributed by atoms with Gasteiger partial charge in [-0.3, -0.25) is 43.9 Å². The molecule has 9 rings (SSSR count). The summed E-state index contributed by atoms with van der Waals surface area (Å²) in [5.41, 5.74) is 2.21. The number of carbonyl (C=O) groups excluding carboxylic acids is 6. The highest BCUT2D eigenvalue weighted by Gasteiger charge is 2.45. The van der Waals surface area contributed by atoms with Crippen LogP contribution in [-0.4, -0.2) is 150 Å². The standard InChI is InChI=1S/C42H47ClN10O7/c1-48-12-11-33(40(48)58)60-34-20-25-19-26(3-6-31(25)49(2)41(34)59)45-36-30(43)22-44-42(47-36)52-13-9-24(10-14-52)23-50-15-17-51(18-16-50)27-4-5-28-29(21-27)39(57)53(38(28)56)32-7-8-35(54)46-37(32)55/h3-6,19-22,24-25,31-33H,7-18,23H2,1-2H3,(H,44,45,47)(H,46,54,55). The Bertz CT molecular complexity index is 2250. The van der Waals surface area contributed by atoms with Gasteiger partial charge in [-0.05, 0) is 55.5 Å². The first-order valence-electron chi connectivity index (χ1n) is 20.6. The second kappa shape index (κ2) is 16.0. The zero-order valence-corrected chi connectivity index (χ0v) is 34.3. The van der Waals surface area contributed by atoms with Crippen molar-refractivity contribution in [2.45, 2.75) is 50.3 Å². The minimum atomic E-state index is -0.985. The van der Waals surface area contributed by atoms with Crippen molar-refractivity contribution in [3.8, 4) is 0 Å². The van der Waals surface area contributed by atoms with Crippen molar-refractivity contribution in [2.75, 3.05) is 81.6 Å². The number of nitrogens with one attached hydrogen (secondary N) is 2. The van der Waals surface area contributed by atoms with Crippen LogP contribution in [0.3, 0.4) is 0 Å². The molecule has 1 aromatic heterocycles. The lowest BCUT2D eigenvalue weighted by Gasteiger charge is -2.39. The summed E-state index contributed by atoms with van der Waals surface area (Å²) in [4.78, 5) is 96.7. The van der Waals surface area contributed by atoms with Gasteiger partial charge in [0.1, 0.15) is 11.1 Å². The number of halogens is 1. The quantitative estimate of drug-likeness (QED) is 0.351. The molecule has 4 atom stereocenters. The molecule has 1 aromatic carbocycles. The van der Waals surface area contributed by atoms with E-state index in [1.807, 2.05) is 24.3 Å². The summed E-state index contributed by atoms with van der Waals surface area (Å²) >= 11 is 6.60. The molecule has 7 heterocycles. The van der Waals surface area contributed by atoms with Gasteiger partial charge in [0.05, 0.1) is 23.4 Å². The van der Waals surface area contributed by atoms with E-state index in [4.69, 9.17) is 21.3 Å². The van der Waals surface area contributed by atoms with Crippen molar-refractivity contribution in [3.63, 3.8) is 0 Å². The minimum absolute atomic E-state index is 0.0828. The first-order valence-corrected chi connectivity index (χ1v) is 21.0. The van der Waals surface area contributed by atoms with E-state index in [0.29, 0.717) is 41.2 Å². The van der Waals surface area contributed by atoms with Crippen LogP contribution in [0, 0.1) is 11.8 Å². The number of nitrogens with zero attached hydrogens (tertiary/aromatic N) is 8. The molecule has 60 heavy (non-hydrogen) atoms. The van der Waals surface area contributed by atoms with E-state index in [1.165, 1.54) is 0 Å². The van der Waals surface area contributed by atoms with Crippen molar-refractivity contribution in [2.24, 2.45) is 11.8 Å². The Morgan fingerprint density at radius 2 is 1.63 bits per heavy atom. The number of anilines is 3. The smallest absolute Gasteiger partial charge is 0.288 e. The van der Waals surface area contributed by atoms with Gasteiger partial charge in [-0.15, -0.1) is 0 Å². The predicted molar refractivity (Wildman–Crippen MR) is 220 cm³/mol. The van der Waals surface area contributed by atoms with Crippen LogP contribution in [0.2, 0.25) is 5.02 Å². The molecule has 4 unspecified atom stereocenters. The van der Waals surface area contributed by atoms with E-state index >= 15 is 0 Å². The maximum absolute atomic E-state index is 13.4. The van der Waals surface area contributed by atoms with Crippen molar-refractivity contribution in [3.05, 3.63) is 76.3 Å². The molecule has 7 aliphatic rings. The molecule has 6 amide bonds. The fourth-order valence-corrected chi connectivity index (χ4v) is 9.41. The zero-order valence-electron chi connectivity index (χ0n) is 33.5. The number of benzene rings is 1. The Hall–Kier alpha value is -5.81. The topological polar surface area (TPSA) is 181 Å². The number of imide groups is 2. The summed E-state index contributed by atoms with van der Waals surface area (Å²) in [6.07, 6.45) is 11.4. The Kier molecular flexibility index (Phi) is 10.6. The zero-order chi connectivity index (χ0) is 41.8. The maximum atomic E-state index is 13.4. The summed E-state index contributed by atoms with van der Waals surface area (Å²) < 4.78 is 5.95. The molecule has 2 N–H and O–H groups in total. The number of allylic oxidation sites excluding steroid dienone is 1. The number of hydrogen-bond acceptors (Lipinski definition) is 13. The molecule has 4 fully saturated rings. The lowest BCUT2D eigenvalue weighted by Crippen LogP contribution is -2.54. The molecule has 0 radical (unpaired) electrons. The number of ether oxygens (including phenoxy) is 1. The number of rotatable bonds is 9. The number of fused-ring (bicyclic) bond motifs is 2. The number of piperidine rings is 2. The normalized spacial score (nSPS) is 26.4. The van der Waals surface area contributed by atoms with Gasteiger partial charge in [-0.25, -0.2) is 4.98 Å². The lowest BCUT2D eigenvalue weighted by molar-refractivity contribution is -0.139. The van der Waals surface area contributed by atoms with E-state index < -0.39 is 35.8 Å². The highest BCUT2D eigenvalue weighted by molar-refractivity contribution is 6.32. The third kappa shape index (κ3) is 7.48. The molecule has 0 saturated carbocycles. The van der Waals surface area contributed by atoms with E-state index in [0.717, 1.165) is 74.9 Å². The number of hydrogen-bond donors (Lipinski definition) is 2. The largest absolute Gasteiger partial charge is 0.475 e. The summed E-state index contributed by atoms with van der Waals surface area (Å²) in [5, 5.41) is 5.99. The van der Waals surface area contributed by atoms with Crippen molar-refractivity contribution >= 4 is 64.5 Å². The Morgan fingerprint density at radius 1 is 0.867 bits per heavy atom. The first kappa shape index (κ1) is 39.6. The summed E-state index contributed by atoms with van der Waals surface area (Å²) in [7, 11) is 3.47. The van der Waals surface area contributed by atoms with Gasteiger partial charge >= 0.3 is 0 Å². The predicted octanol–water partition coefficient (Wildman–Crippen LogP) is 2.02. The number of carbonyl (C=O) groups is 6. The monoisotopic (exact) mass is 838 g/mol. The van der Waals surface area contributed by atoms with Crippen LogP contribution in [0.25, 0.3) is 0 Å². The van der Waals surface area contributed by atoms with Gasteiger partial charge in [0.15, 0.2) is 17.7 Å². The van der Waals surface area contributed by atoms with E-state index in [-0.39, 0.29) is 47.9 Å². The molecule has 1 aliphatic carbocycles. The highest BCUT2D eigenvalue weighted by Crippen LogP contribution is 2.34. The van der Waals surface area contributed by atoms with Gasteiger partial charge in [0.2, 0.25) is 17.8 Å². The molecule has 0 spiro atoms. The SMILES string of the molecule is CN1CCC(OC2=CC3C=C(Nc4nc(N5CCC(CN6CCN(c7ccc8c(c7)C(=O)N(C7CCC(=O)NC7=O)C8=O)CC6)CC5)ncc4Cl)C=CC3N(C)C2=O)C1=O. The van der Waals surface area contributed by atoms with Crippen LogP contribution in [-0.2, 0) is 23.9 Å². The first-order chi connectivity index (χ1) is 28.9. The molecular formula is C42H47ClN10O7. The van der Waals surface area contributed by atoms with E-state index in [2.05, 4.69) is 30.3 Å². The molecule has 4 saturated heterocycles. The number of likely N-dealkylation sites (tertiary alicyclic amines) is 1. The molecule has 0 bridgehead atoms. The van der Waals surface area contributed by atoms with Crippen LogP contribution in [0.1, 0.15) is 52.8 Å². The van der Waals surface area contributed by atoms with Crippen LogP contribution < -0.4 is 20.4 Å². The fourth-order valence-electron chi connectivity index (χ4n) is 9.27. The Labute approximate surface area is 352 Å². The van der Waals surface area contributed by atoms with E-state index in [9.17, 15) is 28.8 Å². The Morgan fingerprint density at radius 3 is 2.37 bits per heavy atom. The van der Waals surface area contributed by atoms with Crippen LogP contribution >= 0.6 is 11.6 Å². The van der Waals surface area contributed by atoms with E-state index in [1.54, 1.807) is 48.3 Å². The molecule has 6 aliphatic heterocycles. The fraction of sp³-hybridized carbons (Fsp3) is 0.476. The Balaban J connectivity index is 0.769.